The van der Waals surface area contributed by atoms with Crippen molar-refractivity contribution in [3.8, 4) is 11.5 Å². The number of carbonyl (C=O) groups is 2. The monoisotopic (exact) mass is 511 g/mol. The van der Waals surface area contributed by atoms with Crippen molar-refractivity contribution in [2.75, 3.05) is 14.2 Å². The van der Waals surface area contributed by atoms with E-state index in [1.54, 1.807) is 59.5 Å². The van der Waals surface area contributed by atoms with Gasteiger partial charge in [-0.15, -0.1) is 0 Å². The van der Waals surface area contributed by atoms with Crippen molar-refractivity contribution in [3.63, 3.8) is 0 Å². The van der Waals surface area contributed by atoms with Crippen LogP contribution in [0.15, 0.2) is 68.4 Å². The van der Waals surface area contributed by atoms with E-state index in [2.05, 4.69) is 10.3 Å². The summed E-state index contributed by atoms with van der Waals surface area (Å²) >= 11 is 1.40. The fraction of sp³-hybridized carbons (Fsp3) is 0.346. The normalized spacial score (nSPS) is 16.9. The molecule has 1 aromatic heterocycles. The van der Waals surface area contributed by atoms with Gasteiger partial charge in [-0.1, -0.05) is 23.9 Å². The van der Waals surface area contributed by atoms with Crippen LogP contribution in [0, 0.1) is 0 Å². The van der Waals surface area contributed by atoms with Gasteiger partial charge in [0.2, 0.25) is 5.91 Å². The number of amides is 1. The largest absolute Gasteiger partial charge is 0.493 e. The first-order valence-electron chi connectivity index (χ1n) is 11.5. The highest BCUT2D eigenvalue weighted by Crippen LogP contribution is 2.48. The van der Waals surface area contributed by atoms with Gasteiger partial charge >= 0.3 is 5.97 Å². The summed E-state index contributed by atoms with van der Waals surface area (Å²) in [6, 6.07) is 8.44. The van der Waals surface area contributed by atoms with Crippen molar-refractivity contribution in [2.24, 2.45) is 4.99 Å². The van der Waals surface area contributed by atoms with E-state index >= 15 is 0 Å². The van der Waals surface area contributed by atoms with E-state index < -0.39 is 12.0 Å². The number of esters is 1. The average molecular weight is 512 g/mol. The highest BCUT2D eigenvalue weighted by Gasteiger charge is 2.43. The molecule has 1 atom stereocenters. The van der Waals surface area contributed by atoms with Gasteiger partial charge in [0.1, 0.15) is 5.76 Å². The minimum Gasteiger partial charge on any atom is -0.493 e. The van der Waals surface area contributed by atoms with Crippen LogP contribution in [0.25, 0.3) is 0 Å². The Kier molecular flexibility index (Phi) is 7.73. The third kappa shape index (κ3) is 5.13. The second kappa shape index (κ2) is 10.9. The molecule has 1 aromatic carbocycles. The van der Waals surface area contributed by atoms with Crippen LogP contribution in [0.1, 0.15) is 44.6 Å². The number of hydrogen-bond donors (Lipinski definition) is 1. The van der Waals surface area contributed by atoms with Gasteiger partial charge in [-0.3, -0.25) is 4.79 Å². The van der Waals surface area contributed by atoms with Crippen LogP contribution in [0.4, 0.5) is 0 Å². The number of allylic oxidation sites excluding steroid dienone is 1. The maximum atomic E-state index is 13.3. The molecule has 0 bridgehead atoms. The zero-order valence-corrected chi connectivity index (χ0v) is 21.7. The number of hydrogen-bond acceptors (Lipinski definition) is 9. The SMILES string of the molecule is COc1cccc(C2C(C(=O)OC(C)C)=C(C)N=C3SC=C(CC(=O)NCc4ccco4)N32)c1OC. The molecule has 1 N–H and O–H groups in total. The number of methoxy groups -OCH3 is 2. The van der Waals surface area contributed by atoms with Crippen molar-refractivity contribution in [1.82, 2.24) is 10.2 Å². The number of aliphatic imine (C=N–C) groups is 1. The molecule has 0 spiro atoms. The molecule has 0 aliphatic carbocycles. The number of benzene rings is 1. The topological polar surface area (TPSA) is 103 Å². The maximum absolute atomic E-state index is 13.3. The molecule has 0 saturated carbocycles. The van der Waals surface area contributed by atoms with E-state index in [0.717, 1.165) is 0 Å². The molecule has 36 heavy (non-hydrogen) atoms. The Balaban J connectivity index is 1.72. The summed E-state index contributed by atoms with van der Waals surface area (Å²) in [4.78, 5) is 32.8. The predicted molar refractivity (Wildman–Crippen MR) is 136 cm³/mol. The number of fused-ring (bicyclic) bond motifs is 1. The number of ether oxygens (including phenoxy) is 3. The van der Waals surface area contributed by atoms with Crippen LogP contribution in [0.5, 0.6) is 11.5 Å². The summed E-state index contributed by atoms with van der Waals surface area (Å²) < 4.78 is 22.2. The first kappa shape index (κ1) is 25.4. The highest BCUT2D eigenvalue weighted by molar-refractivity contribution is 8.16. The summed E-state index contributed by atoms with van der Waals surface area (Å²) in [6.07, 6.45) is 1.33. The van der Waals surface area contributed by atoms with Crippen molar-refractivity contribution in [1.29, 1.82) is 0 Å². The molecule has 1 unspecified atom stereocenters. The van der Waals surface area contributed by atoms with Gasteiger partial charge < -0.3 is 28.8 Å². The van der Waals surface area contributed by atoms with Crippen LogP contribution in [-0.2, 0) is 20.9 Å². The molecule has 2 aliphatic rings. The number of thioether (sulfide) groups is 1. The van der Waals surface area contributed by atoms with E-state index in [-0.39, 0.29) is 25.0 Å². The summed E-state index contributed by atoms with van der Waals surface area (Å²) in [5, 5.41) is 5.42. The van der Waals surface area contributed by atoms with Crippen molar-refractivity contribution >= 4 is 28.8 Å². The minimum atomic E-state index is -0.632. The summed E-state index contributed by atoms with van der Waals surface area (Å²) in [5.41, 5.74) is 2.33. The number of carbonyl (C=O) groups excluding carboxylic acids is 2. The van der Waals surface area contributed by atoms with Crippen molar-refractivity contribution in [3.05, 3.63) is 70.3 Å². The summed E-state index contributed by atoms with van der Waals surface area (Å²) in [7, 11) is 3.12. The van der Waals surface area contributed by atoms with Gasteiger partial charge in [-0.05, 0) is 44.4 Å². The number of nitrogens with zero attached hydrogens (tertiary/aromatic N) is 2. The van der Waals surface area contributed by atoms with Crippen molar-refractivity contribution < 1.29 is 28.2 Å². The summed E-state index contributed by atoms with van der Waals surface area (Å²) in [6.45, 7) is 5.67. The lowest BCUT2D eigenvalue weighted by atomic mass is 9.92. The fourth-order valence-electron chi connectivity index (χ4n) is 4.16. The molecule has 9 nitrogen and oxygen atoms in total. The van der Waals surface area contributed by atoms with E-state index in [4.69, 9.17) is 18.6 Å². The summed E-state index contributed by atoms with van der Waals surface area (Å²) in [5.74, 6) is 1.02. The smallest absolute Gasteiger partial charge is 0.338 e. The Morgan fingerprint density at radius 2 is 2.00 bits per heavy atom. The molecular weight excluding hydrogens is 482 g/mol. The standard InChI is InChI=1S/C26H29N3O6S/c1-15(2)35-25(31)22-16(3)28-26-29(23(22)19-9-6-10-20(32-4)24(19)33-5)17(14-36-26)12-21(30)27-13-18-8-7-11-34-18/h6-11,14-15,23H,12-13H2,1-5H3,(H,27,30). The first-order valence-corrected chi connectivity index (χ1v) is 12.4. The molecular formula is C26H29N3O6S. The Morgan fingerprint density at radius 1 is 1.19 bits per heavy atom. The molecule has 0 saturated heterocycles. The quantitative estimate of drug-likeness (QED) is 0.490. The van der Waals surface area contributed by atoms with Gasteiger partial charge in [0.05, 0.1) is 56.9 Å². The second-order valence-corrected chi connectivity index (χ2v) is 9.30. The van der Waals surface area contributed by atoms with Gasteiger partial charge in [0.15, 0.2) is 16.7 Å². The molecule has 0 radical (unpaired) electrons. The van der Waals surface area contributed by atoms with E-state index in [1.807, 2.05) is 22.4 Å². The van der Waals surface area contributed by atoms with E-state index in [1.165, 1.54) is 11.8 Å². The number of rotatable bonds is 9. The zero-order valence-electron chi connectivity index (χ0n) is 20.9. The van der Waals surface area contributed by atoms with Crippen LogP contribution < -0.4 is 14.8 Å². The van der Waals surface area contributed by atoms with Crippen LogP contribution in [-0.4, -0.2) is 42.3 Å². The Labute approximate surface area is 214 Å². The van der Waals surface area contributed by atoms with Gasteiger partial charge in [-0.25, -0.2) is 9.79 Å². The molecule has 190 valence electrons. The molecule has 3 heterocycles. The number of amidine groups is 1. The highest BCUT2D eigenvalue weighted by atomic mass is 32.2. The number of para-hydroxylation sites is 1. The minimum absolute atomic E-state index is 0.0844. The lowest BCUT2D eigenvalue weighted by Gasteiger charge is -2.37. The average Bonchev–Trinajstić information content (AvgIpc) is 3.51. The van der Waals surface area contributed by atoms with Gasteiger partial charge in [0, 0.05) is 11.3 Å². The molecule has 1 amide bonds. The molecule has 2 aromatic rings. The van der Waals surface area contributed by atoms with Crippen LogP contribution in [0.2, 0.25) is 0 Å². The van der Waals surface area contributed by atoms with Crippen LogP contribution >= 0.6 is 11.8 Å². The lowest BCUT2D eigenvalue weighted by Crippen LogP contribution is -2.38. The molecule has 2 aliphatic heterocycles. The second-order valence-electron chi connectivity index (χ2n) is 8.46. The predicted octanol–water partition coefficient (Wildman–Crippen LogP) is 4.53. The third-order valence-corrected chi connectivity index (χ3v) is 6.56. The van der Waals surface area contributed by atoms with Gasteiger partial charge in [-0.2, -0.15) is 0 Å². The fourth-order valence-corrected chi connectivity index (χ4v) is 5.12. The Bertz CT molecular complexity index is 1230. The molecule has 0 fully saturated rings. The van der Waals surface area contributed by atoms with Crippen molar-refractivity contribution in [2.45, 2.75) is 45.9 Å². The Morgan fingerprint density at radius 3 is 2.67 bits per heavy atom. The first-order chi connectivity index (χ1) is 17.3. The van der Waals surface area contributed by atoms with Gasteiger partial charge in [0.25, 0.3) is 0 Å². The van der Waals surface area contributed by atoms with Crippen LogP contribution in [0.3, 0.4) is 0 Å². The molecule has 10 heteroatoms. The number of furan rings is 1. The lowest BCUT2D eigenvalue weighted by molar-refractivity contribution is -0.143. The molecule has 4 rings (SSSR count). The zero-order chi connectivity index (χ0) is 25.8. The Hall–Kier alpha value is -3.66. The maximum Gasteiger partial charge on any atom is 0.338 e. The van der Waals surface area contributed by atoms with E-state index in [9.17, 15) is 9.59 Å². The third-order valence-electron chi connectivity index (χ3n) is 5.67. The van der Waals surface area contributed by atoms with E-state index in [0.29, 0.717) is 45.0 Å². The number of nitrogens with one attached hydrogen (secondary N) is 1.